The SMILES string of the molecule is NC(=O)c1c(C2CC2)[nH]c2ccc(F)cc12. The number of benzene rings is 1. The number of carbonyl (C=O) groups is 1. The zero-order valence-corrected chi connectivity index (χ0v) is 8.59. The Kier molecular flexibility index (Phi) is 1.80. The molecule has 1 saturated carbocycles. The van der Waals surface area contributed by atoms with Crippen LogP contribution < -0.4 is 5.73 Å². The Morgan fingerprint density at radius 2 is 2.19 bits per heavy atom. The third kappa shape index (κ3) is 1.30. The predicted octanol–water partition coefficient (Wildman–Crippen LogP) is 2.28. The van der Waals surface area contributed by atoms with Crippen LogP contribution in [0.3, 0.4) is 0 Å². The topological polar surface area (TPSA) is 58.9 Å². The van der Waals surface area contributed by atoms with E-state index in [4.69, 9.17) is 5.73 Å². The van der Waals surface area contributed by atoms with E-state index in [0.29, 0.717) is 16.9 Å². The fourth-order valence-corrected chi connectivity index (χ4v) is 2.13. The average molecular weight is 218 g/mol. The van der Waals surface area contributed by atoms with E-state index in [0.717, 1.165) is 24.1 Å². The van der Waals surface area contributed by atoms with E-state index in [-0.39, 0.29) is 5.82 Å². The largest absolute Gasteiger partial charge is 0.366 e. The molecule has 16 heavy (non-hydrogen) atoms. The number of carbonyl (C=O) groups excluding carboxylic acids is 1. The highest BCUT2D eigenvalue weighted by atomic mass is 19.1. The van der Waals surface area contributed by atoms with Gasteiger partial charge in [0.05, 0.1) is 5.56 Å². The Balaban J connectivity index is 2.33. The lowest BCUT2D eigenvalue weighted by Gasteiger charge is -1.97. The summed E-state index contributed by atoms with van der Waals surface area (Å²) in [5, 5.41) is 0.592. The van der Waals surface area contributed by atoms with E-state index in [1.165, 1.54) is 12.1 Å². The molecular formula is C12H11FN2O. The molecule has 3 nitrogen and oxygen atoms in total. The van der Waals surface area contributed by atoms with Crippen molar-refractivity contribution in [3.63, 3.8) is 0 Å². The van der Waals surface area contributed by atoms with Crippen LogP contribution in [0.15, 0.2) is 18.2 Å². The monoisotopic (exact) mass is 218 g/mol. The zero-order chi connectivity index (χ0) is 11.3. The van der Waals surface area contributed by atoms with E-state index < -0.39 is 5.91 Å². The quantitative estimate of drug-likeness (QED) is 0.798. The lowest BCUT2D eigenvalue weighted by molar-refractivity contribution is 0.100. The van der Waals surface area contributed by atoms with Gasteiger partial charge in [-0.3, -0.25) is 4.79 Å². The van der Waals surface area contributed by atoms with Gasteiger partial charge in [0.15, 0.2) is 0 Å². The molecule has 1 heterocycles. The summed E-state index contributed by atoms with van der Waals surface area (Å²) in [7, 11) is 0. The molecule has 1 aliphatic carbocycles. The summed E-state index contributed by atoms with van der Waals surface area (Å²) in [6, 6.07) is 4.38. The summed E-state index contributed by atoms with van der Waals surface area (Å²) in [6.45, 7) is 0. The molecule has 3 N–H and O–H groups in total. The molecule has 4 heteroatoms. The molecule has 0 saturated heterocycles. The van der Waals surface area contributed by atoms with Gasteiger partial charge in [0.25, 0.3) is 5.91 Å². The number of rotatable bonds is 2. The summed E-state index contributed by atoms with van der Waals surface area (Å²) in [5.41, 5.74) is 7.46. The third-order valence-electron chi connectivity index (χ3n) is 3.02. The summed E-state index contributed by atoms with van der Waals surface area (Å²) < 4.78 is 13.1. The number of nitrogens with one attached hydrogen (secondary N) is 1. The first kappa shape index (κ1) is 9.39. The van der Waals surface area contributed by atoms with Gasteiger partial charge in [-0.05, 0) is 37.0 Å². The molecule has 0 aliphatic heterocycles. The second-order valence-corrected chi connectivity index (χ2v) is 4.24. The van der Waals surface area contributed by atoms with Crippen molar-refractivity contribution in [2.24, 2.45) is 5.73 Å². The lowest BCUT2D eigenvalue weighted by Crippen LogP contribution is -2.12. The molecule has 82 valence electrons. The molecule has 0 spiro atoms. The van der Waals surface area contributed by atoms with Gasteiger partial charge in [0, 0.05) is 16.6 Å². The zero-order valence-electron chi connectivity index (χ0n) is 8.59. The number of hydrogen-bond acceptors (Lipinski definition) is 1. The molecule has 2 aromatic rings. The molecular weight excluding hydrogens is 207 g/mol. The second kappa shape index (κ2) is 3.07. The highest BCUT2D eigenvalue weighted by molar-refractivity contribution is 6.07. The lowest BCUT2D eigenvalue weighted by atomic mass is 10.1. The minimum absolute atomic E-state index is 0.351. The highest BCUT2D eigenvalue weighted by Crippen LogP contribution is 2.43. The fraction of sp³-hybridized carbons (Fsp3) is 0.250. The number of aromatic amines is 1. The Morgan fingerprint density at radius 1 is 1.44 bits per heavy atom. The van der Waals surface area contributed by atoms with Gasteiger partial charge in [-0.2, -0.15) is 0 Å². The van der Waals surface area contributed by atoms with Crippen LogP contribution in [0.4, 0.5) is 4.39 Å². The van der Waals surface area contributed by atoms with Gasteiger partial charge >= 0.3 is 0 Å². The smallest absolute Gasteiger partial charge is 0.251 e. The van der Waals surface area contributed by atoms with Crippen LogP contribution in [-0.2, 0) is 0 Å². The maximum atomic E-state index is 13.1. The van der Waals surface area contributed by atoms with Gasteiger partial charge < -0.3 is 10.7 Å². The van der Waals surface area contributed by atoms with Gasteiger partial charge in [-0.25, -0.2) is 4.39 Å². The first-order valence-corrected chi connectivity index (χ1v) is 5.27. The Bertz CT molecular complexity index is 584. The van der Waals surface area contributed by atoms with Crippen molar-refractivity contribution in [3.8, 4) is 0 Å². The van der Waals surface area contributed by atoms with E-state index in [9.17, 15) is 9.18 Å². The Hall–Kier alpha value is -1.84. The summed E-state index contributed by atoms with van der Waals surface area (Å²) in [4.78, 5) is 14.6. The van der Waals surface area contributed by atoms with Gasteiger partial charge in [0.1, 0.15) is 5.82 Å². The van der Waals surface area contributed by atoms with Crippen LogP contribution in [0.5, 0.6) is 0 Å². The van der Waals surface area contributed by atoms with Crippen LogP contribution >= 0.6 is 0 Å². The molecule has 1 aromatic carbocycles. The van der Waals surface area contributed by atoms with Crippen LogP contribution in [0.25, 0.3) is 10.9 Å². The van der Waals surface area contributed by atoms with Crippen LogP contribution in [-0.4, -0.2) is 10.9 Å². The molecule has 0 atom stereocenters. The van der Waals surface area contributed by atoms with Crippen molar-refractivity contribution in [3.05, 3.63) is 35.3 Å². The van der Waals surface area contributed by atoms with E-state index >= 15 is 0 Å². The fourth-order valence-electron chi connectivity index (χ4n) is 2.13. The molecule has 0 unspecified atom stereocenters. The summed E-state index contributed by atoms with van der Waals surface area (Å²) in [6.07, 6.45) is 2.13. The number of fused-ring (bicyclic) bond motifs is 1. The Labute approximate surface area is 91.4 Å². The van der Waals surface area contributed by atoms with E-state index in [1.807, 2.05) is 0 Å². The highest BCUT2D eigenvalue weighted by Gasteiger charge is 2.30. The number of nitrogens with two attached hydrogens (primary N) is 1. The molecule has 1 fully saturated rings. The van der Waals surface area contributed by atoms with E-state index in [1.54, 1.807) is 6.07 Å². The van der Waals surface area contributed by atoms with Crippen molar-refractivity contribution < 1.29 is 9.18 Å². The van der Waals surface area contributed by atoms with Gasteiger partial charge in [-0.1, -0.05) is 0 Å². The normalized spacial score (nSPS) is 15.6. The number of aromatic nitrogens is 1. The molecule has 0 bridgehead atoms. The maximum Gasteiger partial charge on any atom is 0.251 e. The standard InChI is InChI=1S/C12H11FN2O/c13-7-3-4-9-8(5-7)10(12(14)16)11(15-9)6-1-2-6/h3-6,15H,1-2H2,(H2,14,16). The van der Waals surface area contributed by atoms with Crippen molar-refractivity contribution in [1.82, 2.24) is 4.98 Å². The molecule has 3 rings (SSSR count). The number of amides is 1. The van der Waals surface area contributed by atoms with Crippen molar-refractivity contribution in [2.75, 3.05) is 0 Å². The summed E-state index contributed by atoms with van der Waals surface area (Å²) >= 11 is 0. The summed E-state index contributed by atoms with van der Waals surface area (Å²) in [5.74, 6) is -0.451. The van der Waals surface area contributed by atoms with Crippen molar-refractivity contribution in [2.45, 2.75) is 18.8 Å². The Morgan fingerprint density at radius 3 is 2.81 bits per heavy atom. The third-order valence-corrected chi connectivity index (χ3v) is 3.02. The van der Waals surface area contributed by atoms with Gasteiger partial charge in [-0.15, -0.1) is 0 Å². The minimum Gasteiger partial charge on any atom is -0.366 e. The van der Waals surface area contributed by atoms with Crippen molar-refractivity contribution >= 4 is 16.8 Å². The first-order valence-electron chi connectivity index (χ1n) is 5.27. The van der Waals surface area contributed by atoms with Gasteiger partial charge in [0.2, 0.25) is 0 Å². The number of H-pyrrole nitrogens is 1. The predicted molar refractivity (Wildman–Crippen MR) is 58.7 cm³/mol. The number of halogens is 1. The molecule has 0 radical (unpaired) electrons. The van der Waals surface area contributed by atoms with Crippen LogP contribution in [0, 0.1) is 5.82 Å². The maximum absolute atomic E-state index is 13.1. The molecule has 1 amide bonds. The van der Waals surface area contributed by atoms with Crippen LogP contribution in [0.1, 0.15) is 34.8 Å². The molecule has 1 aliphatic rings. The van der Waals surface area contributed by atoms with Crippen LogP contribution in [0.2, 0.25) is 0 Å². The average Bonchev–Trinajstić information content (AvgIpc) is 2.99. The van der Waals surface area contributed by atoms with E-state index in [2.05, 4.69) is 4.98 Å². The number of primary amides is 1. The number of hydrogen-bond donors (Lipinski definition) is 2. The first-order chi connectivity index (χ1) is 7.66. The second-order valence-electron chi connectivity index (χ2n) is 4.24. The molecule has 1 aromatic heterocycles. The van der Waals surface area contributed by atoms with Crippen molar-refractivity contribution in [1.29, 1.82) is 0 Å². The minimum atomic E-state index is -0.487.